The summed E-state index contributed by atoms with van der Waals surface area (Å²) in [5, 5.41) is 3.95. The number of hydrogen-bond donors (Lipinski definition) is 1. The summed E-state index contributed by atoms with van der Waals surface area (Å²) in [4.78, 5) is 18.1. The first-order chi connectivity index (χ1) is 11.0. The minimum Gasteiger partial charge on any atom is -0.321 e. The summed E-state index contributed by atoms with van der Waals surface area (Å²) in [5.74, 6) is -0.130. The lowest BCUT2D eigenvalue weighted by Gasteiger charge is -2.07. The van der Waals surface area contributed by atoms with Crippen molar-refractivity contribution in [2.24, 2.45) is 0 Å². The highest BCUT2D eigenvalue weighted by Gasteiger charge is 2.11. The maximum Gasteiger partial charge on any atom is 0.255 e. The van der Waals surface area contributed by atoms with Gasteiger partial charge in [-0.2, -0.15) is 0 Å². The van der Waals surface area contributed by atoms with Gasteiger partial charge in [-0.3, -0.25) is 4.79 Å². The largest absolute Gasteiger partial charge is 0.321 e. The zero-order valence-corrected chi connectivity index (χ0v) is 15.2. The van der Waals surface area contributed by atoms with Crippen LogP contribution in [-0.2, 0) is 0 Å². The van der Waals surface area contributed by atoms with Gasteiger partial charge in [0.15, 0.2) is 0 Å². The van der Waals surface area contributed by atoms with Crippen LogP contribution in [-0.4, -0.2) is 10.9 Å². The predicted octanol–water partition coefficient (Wildman–Crippen LogP) is 5.44. The Labute approximate surface area is 147 Å². The van der Waals surface area contributed by atoms with Crippen molar-refractivity contribution in [2.75, 3.05) is 5.32 Å². The second-order valence-corrected chi connectivity index (χ2v) is 7.41. The first kappa shape index (κ1) is 15.9. The molecule has 0 aliphatic heterocycles. The second kappa shape index (κ2) is 6.64. The summed E-state index contributed by atoms with van der Waals surface area (Å²) in [6.45, 7) is 4.06. The first-order valence-corrected chi connectivity index (χ1v) is 8.76. The summed E-state index contributed by atoms with van der Waals surface area (Å²) < 4.78 is 0.860. The lowest BCUT2D eigenvalue weighted by molar-refractivity contribution is 0.102. The molecule has 2 aromatic carbocycles. The lowest BCUT2D eigenvalue weighted by atomic mass is 10.1. The van der Waals surface area contributed by atoms with Gasteiger partial charge in [0.2, 0.25) is 0 Å². The summed E-state index contributed by atoms with van der Waals surface area (Å²) in [6, 6.07) is 15.1. The van der Waals surface area contributed by atoms with Crippen molar-refractivity contribution >= 4 is 38.9 Å². The number of nitrogens with zero attached hydrogens (tertiary/aromatic N) is 1. The highest BCUT2D eigenvalue weighted by atomic mass is 79.9. The molecule has 3 rings (SSSR count). The number of aryl methyl sites for hydroxylation is 2. The normalized spacial score (nSPS) is 10.6. The minimum absolute atomic E-state index is 0.130. The van der Waals surface area contributed by atoms with Gasteiger partial charge in [-0.1, -0.05) is 24.3 Å². The fraction of sp³-hybridized carbons (Fsp3) is 0.111. The molecule has 1 N–H and O–H groups in total. The van der Waals surface area contributed by atoms with Crippen LogP contribution in [0.1, 0.15) is 20.2 Å². The monoisotopic (exact) mass is 386 g/mol. The molecule has 1 heterocycles. The summed E-state index contributed by atoms with van der Waals surface area (Å²) in [6.07, 6.45) is 0. The van der Waals surface area contributed by atoms with Crippen molar-refractivity contribution in [3.8, 4) is 11.3 Å². The molecule has 5 heteroatoms. The second-order valence-electron chi connectivity index (χ2n) is 5.15. The third-order valence-electron chi connectivity index (χ3n) is 3.45. The number of carbonyl (C=O) groups excluding carboxylic acids is 1. The van der Waals surface area contributed by atoms with E-state index in [2.05, 4.69) is 33.2 Å². The number of hydrogen-bond acceptors (Lipinski definition) is 3. The molecule has 1 aromatic heterocycles. The van der Waals surface area contributed by atoms with Crippen LogP contribution in [0.25, 0.3) is 11.3 Å². The number of anilines is 1. The van der Waals surface area contributed by atoms with E-state index in [9.17, 15) is 4.79 Å². The maximum atomic E-state index is 12.3. The molecule has 23 heavy (non-hydrogen) atoms. The van der Waals surface area contributed by atoms with E-state index < -0.39 is 0 Å². The molecule has 3 nitrogen and oxygen atoms in total. The quantitative estimate of drug-likeness (QED) is 0.650. The molecule has 0 spiro atoms. The fourth-order valence-corrected chi connectivity index (χ4v) is 3.56. The lowest BCUT2D eigenvalue weighted by Crippen LogP contribution is -2.12. The molecule has 0 fully saturated rings. The van der Waals surface area contributed by atoms with E-state index in [0.29, 0.717) is 5.56 Å². The van der Waals surface area contributed by atoms with Gasteiger partial charge in [0.25, 0.3) is 5.91 Å². The summed E-state index contributed by atoms with van der Waals surface area (Å²) in [5.41, 5.74) is 3.40. The molecule has 116 valence electrons. The van der Waals surface area contributed by atoms with Gasteiger partial charge in [0.05, 0.1) is 16.4 Å². The van der Waals surface area contributed by atoms with E-state index in [1.54, 1.807) is 11.3 Å². The van der Waals surface area contributed by atoms with Crippen molar-refractivity contribution in [3.05, 3.63) is 68.5 Å². The van der Waals surface area contributed by atoms with Gasteiger partial charge in [-0.15, -0.1) is 11.3 Å². The molecule has 0 unspecified atom stereocenters. The highest BCUT2D eigenvalue weighted by molar-refractivity contribution is 9.10. The zero-order chi connectivity index (χ0) is 16.4. The minimum atomic E-state index is -0.130. The molecule has 3 aromatic rings. The van der Waals surface area contributed by atoms with Crippen LogP contribution >= 0.6 is 27.3 Å². The molecular formula is C18H15BrN2OS. The zero-order valence-electron chi connectivity index (χ0n) is 12.8. The molecular weight excluding hydrogens is 372 g/mol. The smallest absolute Gasteiger partial charge is 0.255 e. The summed E-state index contributed by atoms with van der Waals surface area (Å²) >= 11 is 5.11. The van der Waals surface area contributed by atoms with E-state index in [-0.39, 0.29) is 5.91 Å². The Morgan fingerprint density at radius 3 is 2.39 bits per heavy atom. The van der Waals surface area contributed by atoms with Gasteiger partial charge in [0.1, 0.15) is 0 Å². The maximum absolute atomic E-state index is 12.3. The van der Waals surface area contributed by atoms with Crippen LogP contribution in [0.4, 0.5) is 5.69 Å². The van der Waals surface area contributed by atoms with E-state index in [0.717, 1.165) is 26.4 Å². The molecule has 0 bridgehead atoms. The number of para-hydroxylation sites is 1. The SMILES string of the molecule is Cc1nc(-c2ccc(C(=O)Nc3ccccc3Br)cc2)c(C)s1. The van der Waals surface area contributed by atoms with E-state index in [1.165, 1.54) is 4.88 Å². The number of carbonyl (C=O) groups is 1. The fourth-order valence-electron chi connectivity index (χ4n) is 2.33. The van der Waals surface area contributed by atoms with E-state index in [1.807, 2.05) is 55.5 Å². The average molecular weight is 387 g/mol. The van der Waals surface area contributed by atoms with Crippen molar-refractivity contribution in [2.45, 2.75) is 13.8 Å². The van der Waals surface area contributed by atoms with E-state index in [4.69, 9.17) is 0 Å². The first-order valence-electron chi connectivity index (χ1n) is 7.15. The third-order valence-corrected chi connectivity index (χ3v) is 5.02. The van der Waals surface area contributed by atoms with Crippen LogP contribution in [0, 0.1) is 13.8 Å². The van der Waals surface area contributed by atoms with Crippen molar-refractivity contribution in [1.29, 1.82) is 0 Å². The standard InChI is InChI=1S/C18H15BrN2OS/c1-11-17(20-12(2)23-11)13-7-9-14(10-8-13)18(22)21-16-6-4-3-5-15(16)19/h3-10H,1-2H3,(H,21,22). The van der Waals surface area contributed by atoms with Crippen molar-refractivity contribution in [3.63, 3.8) is 0 Å². The molecule has 0 radical (unpaired) electrons. The number of amides is 1. The number of thiazole rings is 1. The van der Waals surface area contributed by atoms with Crippen LogP contribution in [0.5, 0.6) is 0 Å². The van der Waals surface area contributed by atoms with Gasteiger partial charge < -0.3 is 5.32 Å². The van der Waals surface area contributed by atoms with Crippen LogP contribution in [0.15, 0.2) is 53.0 Å². The Balaban J connectivity index is 1.81. The highest BCUT2D eigenvalue weighted by Crippen LogP contribution is 2.27. The van der Waals surface area contributed by atoms with Crippen molar-refractivity contribution in [1.82, 2.24) is 4.98 Å². The van der Waals surface area contributed by atoms with Gasteiger partial charge in [0, 0.05) is 20.5 Å². The van der Waals surface area contributed by atoms with Gasteiger partial charge in [-0.05, 0) is 54.0 Å². The van der Waals surface area contributed by atoms with Crippen LogP contribution in [0.3, 0.4) is 0 Å². The Kier molecular flexibility index (Phi) is 4.59. The van der Waals surface area contributed by atoms with Gasteiger partial charge >= 0.3 is 0 Å². The third kappa shape index (κ3) is 3.51. The Hall–Kier alpha value is -1.98. The molecule has 0 aliphatic rings. The number of halogens is 1. The number of benzene rings is 2. The predicted molar refractivity (Wildman–Crippen MR) is 99.1 cm³/mol. The van der Waals surface area contributed by atoms with E-state index >= 15 is 0 Å². The Morgan fingerprint density at radius 2 is 1.78 bits per heavy atom. The van der Waals surface area contributed by atoms with Crippen LogP contribution in [0.2, 0.25) is 0 Å². The summed E-state index contributed by atoms with van der Waals surface area (Å²) in [7, 11) is 0. The Bertz CT molecular complexity index is 856. The molecule has 0 saturated carbocycles. The van der Waals surface area contributed by atoms with Gasteiger partial charge in [-0.25, -0.2) is 4.98 Å². The van der Waals surface area contributed by atoms with Crippen molar-refractivity contribution < 1.29 is 4.79 Å². The Morgan fingerprint density at radius 1 is 1.09 bits per heavy atom. The number of rotatable bonds is 3. The number of aromatic nitrogens is 1. The molecule has 1 amide bonds. The topological polar surface area (TPSA) is 42.0 Å². The molecule has 0 saturated heterocycles. The molecule has 0 aliphatic carbocycles. The van der Waals surface area contributed by atoms with Crippen LogP contribution < -0.4 is 5.32 Å². The number of nitrogens with one attached hydrogen (secondary N) is 1. The molecule has 0 atom stereocenters. The average Bonchev–Trinajstić information content (AvgIpc) is 2.88.